The predicted octanol–water partition coefficient (Wildman–Crippen LogP) is 2.19. The molecule has 0 spiro atoms. The van der Waals surface area contributed by atoms with Crippen molar-refractivity contribution in [2.45, 2.75) is 64.9 Å². The van der Waals surface area contributed by atoms with Gasteiger partial charge in [-0.25, -0.2) is 9.59 Å². The molecule has 0 aromatic heterocycles. The second-order valence-corrected chi connectivity index (χ2v) is 11.7. The Morgan fingerprint density at radius 3 is 2.18 bits per heavy atom. The third-order valence-corrected chi connectivity index (χ3v) is 3.10. The summed E-state index contributed by atoms with van der Waals surface area (Å²) in [5.74, 6) is 1.01. The molecule has 0 bridgehead atoms. The lowest BCUT2D eigenvalue weighted by Gasteiger charge is -2.21. The maximum atomic E-state index is 11.6. The molecule has 0 fully saturated rings. The van der Waals surface area contributed by atoms with Gasteiger partial charge in [-0.2, -0.15) is 0 Å². The molecule has 6 nitrogen and oxygen atoms in total. The van der Waals surface area contributed by atoms with Gasteiger partial charge >= 0.3 is 12.1 Å². The summed E-state index contributed by atoms with van der Waals surface area (Å²) in [4.78, 5) is 34.3. The fourth-order valence-corrected chi connectivity index (χ4v) is 1.82. The molecule has 0 aliphatic heterocycles. The first kappa shape index (κ1) is 20.2. The van der Waals surface area contributed by atoms with Gasteiger partial charge in [-0.15, -0.1) is 5.54 Å². The third kappa shape index (κ3) is 10.9. The molecule has 0 aliphatic rings. The largest absolute Gasteiger partial charge is 0.480 e. The highest BCUT2D eigenvalue weighted by Gasteiger charge is 2.24. The number of amides is 1. The normalized spacial score (nSPS) is 12.6. The van der Waals surface area contributed by atoms with Crippen molar-refractivity contribution in [2.75, 3.05) is 0 Å². The third-order valence-electron chi connectivity index (χ3n) is 2.23. The molecule has 22 heavy (non-hydrogen) atoms. The minimum absolute atomic E-state index is 0.0201. The molecule has 0 saturated heterocycles. The fraction of sp³-hybridized carbons (Fsp3) is 0.667. The van der Waals surface area contributed by atoms with Gasteiger partial charge < -0.3 is 15.2 Å². The Hall–Kier alpha value is -1.81. The molecule has 2 N–H and O–H groups in total. The van der Waals surface area contributed by atoms with Crippen molar-refractivity contribution in [3.05, 3.63) is 0 Å². The van der Waals surface area contributed by atoms with E-state index in [9.17, 15) is 14.4 Å². The number of carbonyl (C=O) groups is 3. The van der Waals surface area contributed by atoms with Crippen molar-refractivity contribution in [1.29, 1.82) is 0 Å². The molecule has 1 amide bonds. The molecule has 0 rings (SSSR count). The number of hydrogen-bond acceptors (Lipinski definition) is 4. The van der Waals surface area contributed by atoms with Crippen LogP contribution in [0.15, 0.2) is 0 Å². The van der Waals surface area contributed by atoms with Crippen LogP contribution >= 0.6 is 0 Å². The standard InChI is InChI=1S/C15H25NO5Si/c1-15(2,3)21-14(20)16-12(13(18)19)8-7-11(17)9-10-22(4,5)6/h12H,7-8H2,1-6H3,(H,16,20)(H,18,19). The Balaban J connectivity index is 4.55. The number of aliphatic carboxylic acids is 1. The highest BCUT2D eigenvalue weighted by Crippen LogP contribution is 2.08. The molecule has 124 valence electrons. The lowest BCUT2D eigenvalue weighted by Crippen LogP contribution is -2.43. The van der Waals surface area contributed by atoms with Gasteiger partial charge in [0.2, 0.25) is 5.78 Å². The number of carboxylic acid groups (broad SMARTS) is 1. The van der Waals surface area contributed by atoms with Crippen LogP contribution in [-0.4, -0.2) is 42.7 Å². The van der Waals surface area contributed by atoms with Crippen LogP contribution in [0.2, 0.25) is 19.6 Å². The van der Waals surface area contributed by atoms with Crippen LogP contribution in [0.5, 0.6) is 0 Å². The number of alkyl carbamates (subject to hydrolysis) is 1. The Morgan fingerprint density at radius 1 is 1.23 bits per heavy atom. The number of carboxylic acids is 1. The summed E-state index contributed by atoms with van der Waals surface area (Å²) in [5.41, 5.74) is 2.21. The Morgan fingerprint density at radius 2 is 1.77 bits per heavy atom. The van der Waals surface area contributed by atoms with Gasteiger partial charge in [-0.1, -0.05) is 19.6 Å². The van der Waals surface area contributed by atoms with E-state index < -0.39 is 31.8 Å². The first-order chi connectivity index (χ1) is 9.80. The Labute approximate surface area is 132 Å². The molecule has 0 saturated carbocycles. The van der Waals surface area contributed by atoms with Crippen molar-refractivity contribution in [2.24, 2.45) is 0 Å². The number of carbonyl (C=O) groups excluding carboxylic acids is 2. The SMILES string of the molecule is CC(C)(C)OC(=O)NC(CCC(=O)C#C[Si](C)(C)C)C(=O)O. The summed E-state index contributed by atoms with van der Waals surface area (Å²) in [5, 5.41) is 11.3. The van der Waals surface area contributed by atoms with E-state index in [1.54, 1.807) is 20.8 Å². The molecule has 1 atom stereocenters. The van der Waals surface area contributed by atoms with Crippen molar-refractivity contribution < 1.29 is 24.2 Å². The summed E-state index contributed by atoms with van der Waals surface area (Å²) >= 11 is 0. The molecule has 0 heterocycles. The van der Waals surface area contributed by atoms with Crippen LogP contribution in [0.25, 0.3) is 0 Å². The van der Waals surface area contributed by atoms with E-state index in [4.69, 9.17) is 9.84 Å². The molecule has 1 unspecified atom stereocenters. The molecule has 0 aromatic rings. The maximum Gasteiger partial charge on any atom is 0.408 e. The highest BCUT2D eigenvalue weighted by atomic mass is 28.3. The molecule has 0 radical (unpaired) electrons. The number of ketones is 1. The Kier molecular flexibility index (Phi) is 7.33. The second kappa shape index (κ2) is 7.99. The monoisotopic (exact) mass is 327 g/mol. The average Bonchev–Trinajstić information content (AvgIpc) is 2.28. The van der Waals surface area contributed by atoms with E-state index in [0.29, 0.717) is 0 Å². The van der Waals surface area contributed by atoms with Crippen LogP contribution in [-0.2, 0) is 14.3 Å². The van der Waals surface area contributed by atoms with Gasteiger partial charge in [-0.05, 0) is 33.1 Å². The maximum absolute atomic E-state index is 11.6. The molecular formula is C15H25NO5Si. The summed E-state index contributed by atoms with van der Waals surface area (Å²) in [6.45, 7) is 11.1. The number of hydrogen-bond donors (Lipinski definition) is 2. The van der Waals surface area contributed by atoms with E-state index in [0.717, 1.165) is 0 Å². The molecule has 7 heteroatoms. The summed E-state index contributed by atoms with van der Waals surface area (Å²) in [6.07, 6.45) is -0.863. The predicted molar refractivity (Wildman–Crippen MR) is 86.2 cm³/mol. The van der Waals surface area contributed by atoms with Crippen molar-refractivity contribution >= 4 is 25.9 Å². The number of ether oxygens (including phenoxy) is 1. The van der Waals surface area contributed by atoms with Gasteiger partial charge in [0.05, 0.1) is 0 Å². The quantitative estimate of drug-likeness (QED) is 0.596. The molecular weight excluding hydrogens is 302 g/mol. The zero-order valence-electron chi connectivity index (χ0n) is 14.1. The van der Waals surface area contributed by atoms with Crippen LogP contribution in [0.4, 0.5) is 4.79 Å². The number of nitrogens with one attached hydrogen (secondary N) is 1. The van der Waals surface area contributed by atoms with E-state index in [1.165, 1.54) is 0 Å². The first-order valence-electron chi connectivity index (χ1n) is 7.08. The second-order valence-electron chi connectivity index (χ2n) is 7.00. The summed E-state index contributed by atoms with van der Waals surface area (Å²) < 4.78 is 5.00. The lowest BCUT2D eigenvalue weighted by atomic mass is 10.1. The van der Waals surface area contributed by atoms with E-state index in [-0.39, 0.29) is 18.6 Å². The topological polar surface area (TPSA) is 92.7 Å². The average molecular weight is 327 g/mol. The van der Waals surface area contributed by atoms with Gasteiger partial charge in [0.1, 0.15) is 19.7 Å². The van der Waals surface area contributed by atoms with Crippen molar-refractivity contribution in [1.82, 2.24) is 5.32 Å². The molecule has 0 aliphatic carbocycles. The smallest absolute Gasteiger partial charge is 0.408 e. The van der Waals surface area contributed by atoms with Crippen molar-refractivity contribution in [3.63, 3.8) is 0 Å². The lowest BCUT2D eigenvalue weighted by molar-refractivity contribution is -0.139. The minimum atomic E-state index is -1.64. The highest BCUT2D eigenvalue weighted by molar-refractivity contribution is 6.84. The van der Waals surface area contributed by atoms with Crippen LogP contribution in [0.1, 0.15) is 33.6 Å². The van der Waals surface area contributed by atoms with E-state index in [1.807, 2.05) is 19.6 Å². The van der Waals surface area contributed by atoms with E-state index >= 15 is 0 Å². The van der Waals surface area contributed by atoms with Gasteiger partial charge in [-0.3, -0.25) is 4.79 Å². The summed E-state index contributed by atoms with van der Waals surface area (Å²) in [7, 11) is -1.64. The van der Waals surface area contributed by atoms with Crippen LogP contribution in [0, 0.1) is 11.5 Å². The van der Waals surface area contributed by atoms with E-state index in [2.05, 4.69) is 16.8 Å². The minimum Gasteiger partial charge on any atom is -0.480 e. The summed E-state index contributed by atoms with van der Waals surface area (Å²) in [6, 6.07) is -1.17. The van der Waals surface area contributed by atoms with Crippen LogP contribution in [0.3, 0.4) is 0 Å². The number of Topliss-reactive ketones (excluding diaryl/α,β-unsaturated/α-hetero) is 1. The van der Waals surface area contributed by atoms with Crippen LogP contribution < -0.4 is 5.32 Å². The van der Waals surface area contributed by atoms with Gasteiger partial charge in [0, 0.05) is 6.42 Å². The van der Waals surface area contributed by atoms with Crippen molar-refractivity contribution in [3.8, 4) is 11.5 Å². The van der Waals surface area contributed by atoms with Gasteiger partial charge in [0.15, 0.2) is 0 Å². The number of rotatable bonds is 5. The zero-order valence-corrected chi connectivity index (χ0v) is 15.1. The zero-order chi connectivity index (χ0) is 17.6. The van der Waals surface area contributed by atoms with Gasteiger partial charge in [0.25, 0.3) is 0 Å². The Bertz CT molecular complexity index is 491. The molecule has 0 aromatic carbocycles. The first-order valence-corrected chi connectivity index (χ1v) is 10.6. The fourth-order valence-electron chi connectivity index (χ4n) is 1.30.